The molecule has 4 aromatic rings. The molecule has 1 aliphatic heterocycles. The van der Waals surface area contributed by atoms with Gasteiger partial charge in [0.1, 0.15) is 6.54 Å². The highest BCUT2D eigenvalue weighted by atomic mass is 35.5. The van der Waals surface area contributed by atoms with Crippen LogP contribution in [0.5, 0.6) is 0 Å². The average molecular weight is 579 g/mol. The van der Waals surface area contributed by atoms with E-state index in [0.29, 0.717) is 42.1 Å². The van der Waals surface area contributed by atoms with Gasteiger partial charge in [-0.15, -0.1) is 0 Å². The number of terminal acetylenes is 1. The first-order chi connectivity index (χ1) is 19.0. The van der Waals surface area contributed by atoms with Gasteiger partial charge in [0.25, 0.3) is 12.3 Å². The second-order valence-electron chi connectivity index (χ2n) is 8.84. The molecular weight excluding hydrogens is 559 g/mol. The Morgan fingerprint density at radius 2 is 1.93 bits per heavy atom. The molecule has 1 aromatic carbocycles. The fourth-order valence-corrected chi connectivity index (χ4v) is 4.63. The molecule has 1 N–H and O–H groups in total. The van der Waals surface area contributed by atoms with Crippen molar-refractivity contribution >= 4 is 34.7 Å². The molecule has 5 rings (SSSR count). The molecule has 0 saturated carbocycles. The quantitative estimate of drug-likeness (QED) is 0.266. The van der Waals surface area contributed by atoms with Crippen LogP contribution in [-0.2, 0) is 12.7 Å². The van der Waals surface area contributed by atoms with Crippen LogP contribution in [0.3, 0.4) is 0 Å². The first-order valence-electron chi connectivity index (χ1n) is 11.9. The second-order valence-corrected chi connectivity index (χ2v) is 9.25. The van der Waals surface area contributed by atoms with E-state index in [4.69, 9.17) is 18.0 Å². The number of imidazole rings is 1. The van der Waals surface area contributed by atoms with Crippen molar-refractivity contribution in [3.63, 3.8) is 0 Å². The fraction of sp³-hybridized carbons (Fsp3) is 0.280. The number of carbonyl (C=O) groups is 1. The lowest BCUT2D eigenvalue weighted by atomic mass is 10.1. The number of amides is 1. The van der Waals surface area contributed by atoms with Gasteiger partial charge in [-0.05, 0) is 18.2 Å². The first kappa shape index (κ1) is 27.2. The summed E-state index contributed by atoms with van der Waals surface area (Å²) in [5, 5.41) is 6.53. The van der Waals surface area contributed by atoms with Gasteiger partial charge in [-0.25, -0.2) is 18.7 Å². The Bertz CT molecular complexity index is 1600. The van der Waals surface area contributed by atoms with E-state index in [1.165, 1.54) is 29.1 Å². The molecular formula is C25H20ClF5N8O. The summed E-state index contributed by atoms with van der Waals surface area (Å²) in [6, 6.07) is 7.25. The number of benzene rings is 1. The molecule has 0 unspecified atom stereocenters. The lowest BCUT2D eigenvalue weighted by Gasteiger charge is -2.32. The molecule has 1 aliphatic rings. The maximum atomic E-state index is 13.7. The number of rotatable bonds is 6. The first-order valence-corrected chi connectivity index (χ1v) is 12.2. The van der Waals surface area contributed by atoms with Crippen molar-refractivity contribution in [2.24, 2.45) is 0 Å². The monoisotopic (exact) mass is 578 g/mol. The number of aromatic nitrogens is 5. The summed E-state index contributed by atoms with van der Waals surface area (Å²) < 4.78 is 68.5. The molecule has 0 bridgehead atoms. The van der Waals surface area contributed by atoms with Crippen LogP contribution in [0.4, 0.5) is 33.5 Å². The van der Waals surface area contributed by atoms with Crippen molar-refractivity contribution in [2.45, 2.75) is 19.1 Å². The Morgan fingerprint density at radius 1 is 1.18 bits per heavy atom. The molecule has 40 heavy (non-hydrogen) atoms. The second kappa shape index (κ2) is 10.6. The summed E-state index contributed by atoms with van der Waals surface area (Å²) in [5.74, 6) is -0.0537. The van der Waals surface area contributed by atoms with Crippen LogP contribution in [0.15, 0.2) is 43.0 Å². The molecule has 1 saturated heterocycles. The van der Waals surface area contributed by atoms with E-state index in [1.54, 1.807) is 21.9 Å². The molecule has 9 nitrogen and oxygen atoms in total. The zero-order valence-corrected chi connectivity index (χ0v) is 21.3. The van der Waals surface area contributed by atoms with E-state index in [2.05, 4.69) is 26.4 Å². The van der Waals surface area contributed by atoms with E-state index in [9.17, 15) is 26.7 Å². The number of anilines is 2. The zero-order chi connectivity index (χ0) is 28.6. The van der Waals surface area contributed by atoms with Crippen LogP contribution in [0.1, 0.15) is 16.1 Å². The number of halogens is 6. The third-order valence-electron chi connectivity index (χ3n) is 6.27. The molecule has 0 aliphatic carbocycles. The minimum atomic E-state index is -4.88. The van der Waals surface area contributed by atoms with Crippen molar-refractivity contribution in [3.05, 3.63) is 59.3 Å². The smallest absolute Gasteiger partial charge is 0.337 e. The fourth-order valence-electron chi connectivity index (χ4n) is 4.37. The third-order valence-corrected chi connectivity index (χ3v) is 6.58. The van der Waals surface area contributed by atoms with Gasteiger partial charge in [0.2, 0.25) is 0 Å². The van der Waals surface area contributed by atoms with Crippen molar-refractivity contribution in [1.82, 2.24) is 33.9 Å². The number of carbonyl (C=O) groups excluding carboxylic acids is 1. The zero-order valence-electron chi connectivity index (χ0n) is 20.5. The number of piperazine rings is 1. The molecule has 3 aromatic heterocycles. The summed E-state index contributed by atoms with van der Waals surface area (Å²) in [4.78, 5) is 24.8. The van der Waals surface area contributed by atoms with Crippen LogP contribution >= 0.6 is 11.6 Å². The van der Waals surface area contributed by atoms with Crippen LogP contribution in [-0.4, -0.2) is 72.5 Å². The molecule has 1 fully saturated rings. The van der Waals surface area contributed by atoms with E-state index < -0.39 is 30.4 Å². The van der Waals surface area contributed by atoms with Gasteiger partial charge in [-0.2, -0.15) is 18.3 Å². The van der Waals surface area contributed by atoms with Crippen LogP contribution in [0.2, 0.25) is 5.02 Å². The summed E-state index contributed by atoms with van der Waals surface area (Å²) in [6.07, 6.45) is 2.45. The number of nitrogens with zero attached hydrogens (tertiary/aromatic N) is 7. The number of alkyl halides is 5. The highest BCUT2D eigenvalue weighted by Gasteiger charge is 2.38. The minimum absolute atomic E-state index is 0.0165. The van der Waals surface area contributed by atoms with E-state index >= 15 is 0 Å². The highest BCUT2D eigenvalue weighted by molar-refractivity contribution is 6.34. The van der Waals surface area contributed by atoms with Gasteiger partial charge in [0.05, 0.1) is 28.0 Å². The van der Waals surface area contributed by atoms with Gasteiger partial charge < -0.3 is 15.1 Å². The van der Waals surface area contributed by atoms with Crippen molar-refractivity contribution in [1.29, 1.82) is 0 Å². The lowest BCUT2D eigenvalue weighted by Crippen LogP contribution is -2.47. The normalized spacial score (nSPS) is 14.2. The number of hydrogen-bond acceptors (Lipinski definition) is 6. The SMILES string of the molecule is C#CN1CCN(C(=O)c2ccc(Nc3nccn4c(-c5cn(CC(F)F)nc5C(F)(F)F)cnc34)cc2Cl)CC1. The third kappa shape index (κ3) is 5.37. The maximum absolute atomic E-state index is 13.7. The van der Waals surface area contributed by atoms with Crippen LogP contribution in [0.25, 0.3) is 16.9 Å². The van der Waals surface area contributed by atoms with Gasteiger partial charge in [-0.1, -0.05) is 18.0 Å². The minimum Gasteiger partial charge on any atom is -0.337 e. The summed E-state index contributed by atoms with van der Waals surface area (Å²) in [7, 11) is 0. The molecule has 208 valence electrons. The standard InChI is InChI=1S/C25H20ClF5N8O/c1-2-36-7-9-37(10-8-36)24(40)16-4-3-15(11-18(16)26)34-22-23-33-12-19(39(23)6-5-32-22)17-13-38(14-20(27)28)35-21(17)25(29,30)31/h1,3-6,11-13,20H,7-10,14H2,(H,32,34). The highest BCUT2D eigenvalue weighted by Crippen LogP contribution is 2.37. The van der Waals surface area contributed by atoms with Crippen molar-refractivity contribution in [3.8, 4) is 23.7 Å². The van der Waals surface area contributed by atoms with Crippen LogP contribution < -0.4 is 5.32 Å². The molecule has 0 atom stereocenters. The summed E-state index contributed by atoms with van der Waals surface area (Å²) in [6.45, 7) is 1.04. The Kier molecular flexibility index (Phi) is 7.24. The molecule has 0 radical (unpaired) electrons. The van der Waals surface area contributed by atoms with E-state index in [1.807, 2.05) is 0 Å². The van der Waals surface area contributed by atoms with E-state index in [-0.39, 0.29) is 28.1 Å². The number of fused-ring (bicyclic) bond motifs is 1. The van der Waals surface area contributed by atoms with Crippen molar-refractivity contribution in [2.75, 3.05) is 31.5 Å². The van der Waals surface area contributed by atoms with Gasteiger partial charge in [0, 0.05) is 56.5 Å². The number of nitrogens with one attached hydrogen (secondary N) is 1. The van der Waals surface area contributed by atoms with Crippen molar-refractivity contribution < 1.29 is 26.7 Å². The molecule has 15 heteroatoms. The maximum Gasteiger partial charge on any atom is 0.435 e. The van der Waals surface area contributed by atoms with Gasteiger partial charge >= 0.3 is 6.18 Å². The molecule has 4 heterocycles. The summed E-state index contributed by atoms with van der Waals surface area (Å²) >= 11 is 6.43. The Balaban J connectivity index is 1.42. The van der Waals surface area contributed by atoms with E-state index in [0.717, 1.165) is 6.20 Å². The Labute approximate surface area is 229 Å². The lowest BCUT2D eigenvalue weighted by molar-refractivity contribution is -0.141. The van der Waals surface area contributed by atoms with Gasteiger partial charge in [-0.3, -0.25) is 13.9 Å². The largest absolute Gasteiger partial charge is 0.435 e. The predicted octanol–water partition coefficient (Wildman–Crippen LogP) is 4.62. The summed E-state index contributed by atoms with van der Waals surface area (Å²) in [5.41, 5.74) is -0.825. The van der Waals surface area contributed by atoms with Gasteiger partial charge in [0.15, 0.2) is 17.2 Å². The molecule has 1 amide bonds. The molecule has 0 spiro atoms. The average Bonchev–Trinajstić information content (AvgIpc) is 3.53. The Morgan fingerprint density at radius 3 is 2.58 bits per heavy atom. The topological polar surface area (TPSA) is 83.6 Å². The Hall–Kier alpha value is -4.38. The predicted molar refractivity (Wildman–Crippen MR) is 136 cm³/mol. The van der Waals surface area contributed by atoms with Crippen LogP contribution in [0, 0.1) is 12.5 Å². The number of hydrogen-bond donors (Lipinski definition) is 1.